The van der Waals surface area contributed by atoms with E-state index in [4.69, 9.17) is 24.7 Å². The van der Waals surface area contributed by atoms with E-state index in [1.54, 1.807) is 55.5 Å². The van der Waals surface area contributed by atoms with Gasteiger partial charge in [-0.25, -0.2) is 0 Å². The lowest BCUT2D eigenvalue weighted by atomic mass is 9.82. The van der Waals surface area contributed by atoms with Crippen molar-refractivity contribution in [3.8, 4) is 0 Å². The molecular weight excluding hydrogens is 893 g/mol. The first-order valence-corrected chi connectivity index (χ1v) is 24.4. The molecule has 0 aromatic rings. The average Bonchev–Trinajstić information content (AvgIpc) is 3.24. The fourth-order valence-electron chi connectivity index (χ4n) is 7.90. The third kappa shape index (κ3) is 21.6. The zero-order chi connectivity index (χ0) is 49.5. The molecule has 19 heteroatoms. The molecule has 18 nitrogen and oxygen atoms in total. The molecule has 3 aliphatic heterocycles. The summed E-state index contributed by atoms with van der Waals surface area (Å²) in [5, 5.41) is 111. The first kappa shape index (κ1) is 58.2. The summed E-state index contributed by atoms with van der Waals surface area (Å²) in [5.41, 5.74) is 6.00. The Kier molecular flexibility index (Phi) is 26.5. The second-order valence-corrected chi connectivity index (χ2v) is 18.6. The number of aliphatic hydroxyl groups excluding tert-OH is 9. The van der Waals surface area contributed by atoms with Crippen LogP contribution in [0.25, 0.3) is 0 Å². The van der Waals surface area contributed by atoms with Gasteiger partial charge < -0.3 is 81.1 Å². The van der Waals surface area contributed by atoms with E-state index in [1.165, 1.54) is 11.8 Å². The van der Waals surface area contributed by atoms with Crippen LogP contribution in [0.1, 0.15) is 71.6 Å². The van der Waals surface area contributed by atoms with Crippen LogP contribution in [-0.2, 0) is 28.5 Å². The highest BCUT2D eigenvalue weighted by Gasteiger charge is 2.50. The Balaban J connectivity index is 1.89. The number of rotatable bonds is 6. The predicted octanol–water partition coefficient (Wildman–Crippen LogP) is 0.472. The lowest BCUT2D eigenvalue weighted by molar-refractivity contribution is -0.304. The minimum Gasteiger partial charge on any atom is -0.462 e. The molecule has 13 N–H and O–H groups in total. The molecule has 0 radical (unpaired) electrons. The molecule has 0 saturated carbocycles. The monoisotopic (exact) mass is 968 g/mol. The fraction of sp³-hybridized carbons (Fsp3) is 0.667. The topological polar surface area (TPSA) is 311 Å². The van der Waals surface area contributed by atoms with Gasteiger partial charge in [-0.15, -0.1) is 0 Å². The quantitative estimate of drug-likeness (QED) is 0.127. The van der Waals surface area contributed by atoms with Gasteiger partial charge in [-0.3, -0.25) is 9.59 Å². The Bertz CT molecular complexity index is 1680. The van der Waals surface area contributed by atoms with Crippen LogP contribution in [0.4, 0.5) is 0 Å². The van der Waals surface area contributed by atoms with Crippen LogP contribution < -0.4 is 11.1 Å². The van der Waals surface area contributed by atoms with Gasteiger partial charge in [0.2, 0.25) is 5.91 Å². The number of nitrogens with one attached hydrogen (secondary N) is 1. The molecule has 0 aromatic carbocycles. The maximum atomic E-state index is 13.6. The summed E-state index contributed by atoms with van der Waals surface area (Å²) in [6.45, 7) is 3.50. The minimum absolute atomic E-state index is 0.0854. The molecule has 380 valence electrons. The number of allylic oxidation sites excluding steroid dienone is 12. The molecule has 8 unspecified atom stereocenters. The SMILES string of the molecule is CSCCNC(=O)C1[C@@H]2CC(O[C@@H]3OC[C@@H](O)[C@H](N)[C@@H]3O)/C=C/C=C/C=C/C=C/C=C/C=C/C=C/[C@H](C)[C@@H](O)C[C@H](C)OC(=O)CC(O)CC(O)CCC(O)C(O)CC(O)CC(O)(C[C@@H]1O)O2. The predicted molar refractivity (Wildman–Crippen MR) is 252 cm³/mol. The normalized spacial score (nSPS) is 42.2. The van der Waals surface area contributed by atoms with Gasteiger partial charge in [0.1, 0.15) is 12.2 Å². The number of carbonyl (C=O) groups is 2. The van der Waals surface area contributed by atoms with E-state index in [1.807, 2.05) is 49.6 Å². The van der Waals surface area contributed by atoms with Crippen molar-refractivity contribution < 1.29 is 79.6 Å². The van der Waals surface area contributed by atoms with Crippen molar-refractivity contribution in [1.82, 2.24) is 5.32 Å². The van der Waals surface area contributed by atoms with Crippen molar-refractivity contribution in [2.45, 2.75) is 163 Å². The van der Waals surface area contributed by atoms with Gasteiger partial charge in [0.05, 0.1) is 86.0 Å². The van der Waals surface area contributed by atoms with Gasteiger partial charge in [0.15, 0.2) is 12.1 Å². The van der Waals surface area contributed by atoms with E-state index in [-0.39, 0.29) is 51.2 Å². The molecular formula is C48H76N2O16S. The Morgan fingerprint density at radius 1 is 0.746 bits per heavy atom. The van der Waals surface area contributed by atoms with Gasteiger partial charge in [-0.05, 0) is 32.4 Å². The Morgan fingerprint density at radius 3 is 1.99 bits per heavy atom. The highest BCUT2D eigenvalue weighted by atomic mass is 32.2. The number of hydrogen-bond donors (Lipinski definition) is 12. The number of fused-ring (bicyclic) bond motifs is 2. The van der Waals surface area contributed by atoms with Crippen molar-refractivity contribution in [2.24, 2.45) is 17.6 Å². The molecule has 0 aliphatic carbocycles. The molecule has 67 heavy (non-hydrogen) atoms. The second kappa shape index (κ2) is 30.5. The van der Waals surface area contributed by atoms with Crippen molar-refractivity contribution in [2.75, 3.05) is 25.2 Å². The number of carbonyl (C=O) groups excluding carboxylic acids is 2. The number of aliphatic hydroxyl groups is 10. The number of esters is 1. The third-order valence-electron chi connectivity index (χ3n) is 11.7. The van der Waals surface area contributed by atoms with Crippen molar-refractivity contribution in [3.05, 3.63) is 85.1 Å². The Morgan fingerprint density at radius 2 is 1.36 bits per heavy atom. The lowest BCUT2D eigenvalue weighted by Crippen LogP contribution is -2.59. The summed E-state index contributed by atoms with van der Waals surface area (Å²) >= 11 is 1.49. The maximum Gasteiger partial charge on any atom is 0.308 e. The first-order valence-electron chi connectivity index (χ1n) is 23.0. The van der Waals surface area contributed by atoms with Crippen molar-refractivity contribution in [1.29, 1.82) is 0 Å². The summed E-state index contributed by atoms with van der Waals surface area (Å²) in [4.78, 5) is 26.1. The number of thioether (sulfide) groups is 1. The molecule has 1 amide bonds. The molecule has 2 fully saturated rings. The Labute approximate surface area is 398 Å². The zero-order valence-electron chi connectivity index (χ0n) is 38.7. The van der Waals surface area contributed by atoms with E-state index in [0.717, 1.165) is 0 Å². The van der Waals surface area contributed by atoms with Gasteiger partial charge >= 0.3 is 5.97 Å². The van der Waals surface area contributed by atoms with Gasteiger partial charge in [-0.1, -0.05) is 92.0 Å². The van der Waals surface area contributed by atoms with E-state index in [2.05, 4.69) is 5.32 Å². The molecule has 3 heterocycles. The summed E-state index contributed by atoms with van der Waals surface area (Å²) < 4.78 is 23.3. The molecule has 17 atom stereocenters. The van der Waals surface area contributed by atoms with Crippen molar-refractivity contribution >= 4 is 23.6 Å². The summed E-state index contributed by atoms with van der Waals surface area (Å²) in [7, 11) is 0. The summed E-state index contributed by atoms with van der Waals surface area (Å²) in [6, 6.07) is -1.10. The van der Waals surface area contributed by atoms with E-state index >= 15 is 0 Å². The van der Waals surface area contributed by atoms with Crippen LogP contribution in [0.5, 0.6) is 0 Å². The van der Waals surface area contributed by atoms with Crippen molar-refractivity contribution in [3.63, 3.8) is 0 Å². The van der Waals surface area contributed by atoms with Crippen LogP contribution >= 0.6 is 11.8 Å². The molecule has 2 bridgehead atoms. The van der Waals surface area contributed by atoms with Crippen LogP contribution in [0.3, 0.4) is 0 Å². The molecule has 0 spiro atoms. The van der Waals surface area contributed by atoms with E-state index < -0.39 is 135 Å². The molecule has 3 aliphatic rings. The van der Waals surface area contributed by atoms with Gasteiger partial charge in [0, 0.05) is 50.3 Å². The number of nitrogens with two attached hydrogens (primary N) is 1. The van der Waals surface area contributed by atoms with Crippen LogP contribution in [0, 0.1) is 11.8 Å². The second-order valence-electron chi connectivity index (χ2n) is 17.6. The number of cyclic esters (lactones) is 1. The van der Waals surface area contributed by atoms with Gasteiger partial charge in [-0.2, -0.15) is 11.8 Å². The minimum atomic E-state index is -2.24. The maximum absolute atomic E-state index is 13.6. The zero-order valence-corrected chi connectivity index (χ0v) is 39.5. The highest BCUT2D eigenvalue weighted by Crippen LogP contribution is 2.38. The first-order chi connectivity index (χ1) is 31.8. The summed E-state index contributed by atoms with van der Waals surface area (Å²) in [6.07, 6.45) is 8.06. The average molecular weight is 969 g/mol. The smallest absolute Gasteiger partial charge is 0.308 e. The van der Waals surface area contributed by atoms with Gasteiger partial charge in [0.25, 0.3) is 0 Å². The Hall–Kier alpha value is -3.09. The summed E-state index contributed by atoms with van der Waals surface area (Å²) in [5.74, 6) is -4.43. The number of hydrogen-bond acceptors (Lipinski definition) is 18. The van der Waals surface area contributed by atoms with Crippen LogP contribution in [0.2, 0.25) is 0 Å². The molecule has 3 rings (SSSR count). The van der Waals surface area contributed by atoms with E-state index in [0.29, 0.717) is 5.75 Å². The highest BCUT2D eigenvalue weighted by molar-refractivity contribution is 7.98. The van der Waals surface area contributed by atoms with Crippen LogP contribution in [0.15, 0.2) is 85.1 Å². The number of amides is 1. The van der Waals surface area contributed by atoms with Crippen LogP contribution in [-0.4, -0.2) is 179 Å². The molecule has 0 aromatic heterocycles. The molecule has 2 saturated heterocycles. The fourth-order valence-corrected chi connectivity index (χ4v) is 8.21. The van der Waals surface area contributed by atoms with E-state index in [9.17, 15) is 60.7 Å². The standard InChI is InChI=1S/C48H76N2O16S/c1-30-16-14-12-10-8-6-4-5-7-9-11-13-15-17-35(65-47-45(60)44(49)40(58)29-63-47)26-41-43(46(61)50-20-21-67-3)39(57)28-48(62,66-41)27-34(53)24-38(56)36(54)19-18-32(51)23-33(52)25-42(59)64-31(2)22-37(30)55/h4-17,30-41,43-45,47,51-58,60,62H,18-29,49H2,1-3H3,(H,50,61)/b5-4+,8-6+,9-7+,12-10+,13-11+,16-14+,17-15+/t30-,31-,32?,33?,34?,35?,36?,37-,38?,39-,40+,41-,43?,44-,45-,47-,48?/m0/s1. The number of ether oxygens (including phenoxy) is 4. The third-order valence-corrected chi connectivity index (χ3v) is 12.3. The largest absolute Gasteiger partial charge is 0.462 e. The lowest BCUT2D eigenvalue weighted by Gasteiger charge is -2.45.